The van der Waals surface area contributed by atoms with Gasteiger partial charge in [0.15, 0.2) is 6.10 Å². The lowest BCUT2D eigenvalue weighted by molar-refractivity contribution is -0.129. The highest BCUT2D eigenvalue weighted by atomic mass is 16.5. The Labute approximate surface area is 178 Å². The fourth-order valence-corrected chi connectivity index (χ4v) is 4.40. The van der Waals surface area contributed by atoms with Crippen molar-refractivity contribution in [2.75, 3.05) is 0 Å². The van der Waals surface area contributed by atoms with Crippen LogP contribution in [-0.4, -0.2) is 29.0 Å². The Morgan fingerprint density at radius 1 is 1.23 bits per heavy atom. The molecule has 2 aliphatic rings. The first-order valence-corrected chi connectivity index (χ1v) is 11.2. The summed E-state index contributed by atoms with van der Waals surface area (Å²) in [6, 6.07) is 7.98. The molecule has 30 heavy (non-hydrogen) atoms. The van der Waals surface area contributed by atoms with E-state index in [1.165, 1.54) is 0 Å². The number of rotatable bonds is 6. The number of pyridine rings is 1. The van der Waals surface area contributed by atoms with Gasteiger partial charge in [-0.25, -0.2) is 4.79 Å². The normalized spacial score (nSPS) is 19.8. The van der Waals surface area contributed by atoms with Crippen molar-refractivity contribution in [1.82, 2.24) is 10.3 Å². The molecule has 1 N–H and O–H groups in total. The molecule has 2 aromatic rings. The number of carbonyl (C=O) groups is 2. The van der Waals surface area contributed by atoms with Gasteiger partial charge < -0.3 is 10.1 Å². The number of fused-ring (bicyclic) bond motifs is 2. The first-order chi connectivity index (χ1) is 14.3. The van der Waals surface area contributed by atoms with Crippen LogP contribution >= 0.6 is 0 Å². The Morgan fingerprint density at radius 2 is 1.97 bits per heavy atom. The summed E-state index contributed by atoms with van der Waals surface area (Å²) in [7, 11) is 0. The van der Waals surface area contributed by atoms with E-state index in [1.54, 1.807) is 6.92 Å². The molecule has 0 bridgehead atoms. The van der Waals surface area contributed by atoms with Gasteiger partial charge in [0.05, 0.1) is 11.1 Å². The second-order valence-corrected chi connectivity index (χ2v) is 9.54. The van der Waals surface area contributed by atoms with Gasteiger partial charge in [0.1, 0.15) is 0 Å². The van der Waals surface area contributed by atoms with Crippen molar-refractivity contribution >= 4 is 22.8 Å². The van der Waals surface area contributed by atoms with Crippen molar-refractivity contribution in [2.45, 2.75) is 78.4 Å². The predicted molar refractivity (Wildman–Crippen MR) is 117 cm³/mol. The maximum atomic E-state index is 13.3. The first-order valence-electron chi connectivity index (χ1n) is 11.2. The standard InChI is InChI=1S/C25H32N2O3/c1-5-25(3,4)16-10-13-21-19(14-16)22(18-8-6-7-9-20(18)27-21)24(29)30-15(2)23(28)26-17-11-12-17/h6-9,15-17H,5,10-14H2,1-4H3,(H,26,28)/t15-,16-/m0/s1. The molecule has 4 rings (SSSR count). The van der Waals surface area contributed by atoms with Crippen LogP contribution in [0, 0.1) is 11.3 Å². The lowest BCUT2D eigenvalue weighted by Crippen LogP contribution is -2.37. The van der Waals surface area contributed by atoms with E-state index >= 15 is 0 Å². The van der Waals surface area contributed by atoms with Gasteiger partial charge in [-0.1, -0.05) is 45.4 Å². The van der Waals surface area contributed by atoms with Crippen molar-refractivity contribution in [3.05, 3.63) is 41.1 Å². The molecule has 1 heterocycles. The summed E-state index contributed by atoms with van der Waals surface area (Å²) in [5, 5.41) is 3.73. The highest BCUT2D eigenvalue weighted by Gasteiger charge is 2.35. The van der Waals surface area contributed by atoms with Crippen molar-refractivity contribution in [3.8, 4) is 0 Å². The summed E-state index contributed by atoms with van der Waals surface area (Å²) >= 11 is 0. The molecule has 5 heteroatoms. The van der Waals surface area contributed by atoms with E-state index in [0.29, 0.717) is 11.5 Å². The SMILES string of the molecule is CCC(C)(C)[C@H]1CCc2nc3ccccc3c(C(=O)O[C@@H](C)C(=O)NC3CC3)c2C1. The van der Waals surface area contributed by atoms with Crippen LogP contribution < -0.4 is 5.32 Å². The quantitative estimate of drug-likeness (QED) is 0.709. The van der Waals surface area contributed by atoms with Gasteiger partial charge in [-0.3, -0.25) is 9.78 Å². The number of hydrogen-bond donors (Lipinski definition) is 1. The summed E-state index contributed by atoms with van der Waals surface area (Å²) < 4.78 is 5.67. The van der Waals surface area contributed by atoms with Crippen LogP contribution in [0.4, 0.5) is 0 Å². The molecule has 5 nitrogen and oxygen atoms in total. The Morgan fingerprint density at radius 3 is 2.67 bits per heavy atom. The third-order valence-corrected chi connectivity index (χ3v) is 7.06. The number of carbonyl (C=O) groups excluding carboxylic acids is 2. The van der Waals surface area contributed by atoms with Crippen LogP contribution in [0.3, 0.4) is 0 Å². The number of aryl methyl sites for hydroxylation is 1. The van der Waals surface area contributed by atoms with Gasteiger partial charge in [-0.05, 0) is 62.0 Å². The molecule has 1 fully saturated rings. The summed E-state index contributed by atoms with van der Waals surface area (Å²) in [5.74, 6) is -0.151. The number of ether oxygens (including phenoxy) is 1. The van der Waals surface area contributed by atoms with Gasteiger partial charge >= 0.3 is 5.97 Å². The molecule has 2 aliphatic carbocycles. The number of benzene rings is 1. The smallest absolute Gasteiger partial charge is 0.339 e. The van der Waals surface area contributed by atoms with Gasteiger partial charge in [0.2, 0.25) is 0 Å². The molecular weight excluding hydrogens is 376 g/mol. The zero-order valence-electron chi connectivity index (χ0n) is 18.5. The van der Waals surface area contributed by atoms with Crippen molar-refractivity contribution in [2.24, 2.45) is 11.3 Å². The number of para-hydroxylation sites is 1. The monoisotopic (exact) mass is 408 g/mol. The lowest BCUT2D eigenvalue weighted by atomic mass is 9.68. The highest BCUT2D eigenvalue weighted by Crippen LogP contribution is 2.41. The average molecular weight is 409 g/mol. The fraction of sp³-hybridized carbons (Fsp3) is 0.560. The van der Waals surface area contributed by atoms with Gasteiger partial charge in [-0.15, -0.1) is 0 Å². The number of nitrogens with zero attached hydrogens (tertiary/aromatic N) is 1. The molecule has 0 aliphatic heterocycles. The lowest BCUT2D eigenvalue weighted by Gasteiger charge is -2.37. The molecule has 1 aromatic heterocycles. The number of hydrogen-bond acceptors (Lipinski definition) is 4. The summed E-state index contributed by atoms with van der Waals surface area (Å²) in [4.78, 5) is 30.6. The zero-order valence-corrected chi connectivity index (χ0v) is 18.5. The van der Waals surface area contributed by atoms with Crippen LogP contribution in [0.1, 0.15) is 75.0 Å². The number of amides is 1. The molecule has 1 saturated carbocycles. The third kappa shape index (κ3) is 4.07. The second kappa shape index (κ2) is 8.01. The minimum atomic E-state index is -0.813. The molecule has 2 atom stereocenters. The minimum absolute atomic E-state index is 0.196. The summed E-state index contributed by atoms with van der Waals surface area (Å²) in [6.45, 7) is 8.48. The van der Waals surface area contributed by atoms with Gasteiger partial charge in [0.25, 0.3) is 5.91 Å². The summed E-state index contributed by atoms with van der Waals surface area (Å²) in [5.41, 5.74) is 3.61. The van der Waals surface area contributed by atoms with Crippen molar-refractivity contribution in [1.29, 1.82) is 0 Å². The zero-order chi connectivity index (χ0) is 21.5. The largest absolute Gasteiger partial charge is 0.449 e. The van der Waals surface area contributed by atoms with Crippen molar-refractivity contribution in [3.63, 3.8) is 0 Å². The molecule has 0 radical (unpaired) electrons. The predicted octanol–water partition coefficient (Wildman–Crippen LogP) is 4.60. The number of esters is 1. The van der Waals surface area contributed by atoms with Crippen LogP contribution in [0.5, 0.6) is 0 Å². The molecule has 1 aromatic carbocycles. The fourth-order valence-electron chi connectivity index (χ4n) is 4.40. The molecule has 160 valence electrons. The number of nitrogens with one attached hydrogen (secondary N) is 1. The Bertz CT molecular complexity index is 978. The maximum Gasteiger partial charge on any atom is 0.339 e. The van der Waals surface area contributed by atoms with Crippen LogP contribution in [-0.2, 0) is 22.4 Å². The van der Waals surface area contributed by atoms with E-state index in [1.807, 2.05) is 24.3 Å². The highest BCUT2D eigenvalue weighted by molar-refractivity contribution is 6.05. The minimum Gasteiger partial charge on any atom is -0.449 e. The second-order valence-electron chi connectivity index (χ2n) is 9.54. The van der Waals surface area contributed by atoms with E-state index in [0.717, 1.165) is 60.7 Å². The maximum absolute atomic E-state index is 13.3. The van der Waals surface area contributed by atoms with E-state index in [4.69, 9.17) is 9.72 Å². The molecule has 0 spiro atoms. The Hall–Kier alpha value is -2.43. The molecule has 0 saturated heterocycles. The van der Waals surface area contributed by atoms with Crippen LogP contribution in [0.15, 0.2) is 24.3 Å². The molecule has 1 amide bonds. The van der Waals surface area contributed by atoms with E-state index in [9.17, 15) is 9.59 Å². The Balaban J connectivity index is 1.69. The average Bonchev–Trinajstić information content (AvgIpc) is 3.55. The van der Waals surface area contributed by atoms with Crippen LogP contribution in [0.2, 0.25) is 0 Å². The van der Waals surface area contributed by atoms with Gasteiger partial charge in [-0.2, -0.15) is 0 Å². The first kappa shape index (κ1) is 20.8. The van der Waals surface area contributed by atoms with Gasteiger partial charge in [0, 0.05) is 17.1 Å². The third-order valence-electron chi connectivity index (χ3n) is 7.06. The van der Waals surface area contributed by atoms with E-state index < -0.39 is 12.1 Å². The Kier molecular flexibility index (Phi) is 5.56. The molecular formula is C25H32N2O3. The van der Waals surface area contributed by atoms with E-state index in [2.05, 4.69) is 26.1 Å². The topological polar surface area (TPSA) is 68.3 Å². The summed E-state index contributed by atoms with van der Waals surface area (Å²) in [6.07, 6.45) is 5.05. The van der Waals surface area contributed by atoms with E-state index in [-0.39, 0.29) is 17.4 Å². The van der Waals surface area contributed by atoms with Crippen molar-refractivity contribution < 1.29 is 14.3 Å². The molecule has 0 unspecified atom stereocenters. The number of aromatic nitrogens is 1. The van der Waals surface area contributed by atoms with Crippen LogP contribution in [0.25, 0.3) is 10.9 Å².